The van der Waals surface area contributed by atoms with Crippen molar-refractivity contribution in [2.24, 2.45) is 0 Å². The van der Waals surface area contributed by atoms with Crippen LogP contribution >= 0.6 is 0 Å². The number of carbonyl (C=O) groups is 2. The lowest BCUT2D eigenvalue weighted by atomic mass is 10.2. The van der Waals surface area contributed by atoms with Gasteiger partial charge in [-0.15, -0.1) is 0 Å². The Bertz CT molecular complexity index is 684. The Morgan fingerprint density at radius 2 is 1.79 bits per heavy atom. The number of hydrogen-bond acceptors (Lipinski definition) is 5. The molecule has 0 saturated heterocycles. The molecule has 0 spiro atoms. The van der Waals surface area contributed by atoms with E-state index < -0.39 is 34.5 Å². The van der Waals surface area contributed by atoms with Gasteiger partial charge >= 0.3 is 5.97 Å². The lowest BCUT2D eigenvalue weighted by Crippen LogP contribution is -2.41. The van der Waals surface area contributed by atoms with Crippen LogP contribution in [0.2, 0.25) is 0 Å². The largest absolute Gasteiger partial charge is 0.452 e. The zero-order chi connectivity index (χ0) is 18.2. The van der Waals surface area contributed by atoms with Crippen molar-refractivity contribution in [3.05, 3.63) is 41.3 Å². The minimum absolute atomic E-state index is 0.0831. The van der Waals surface area contributed by atoms with Crippen molar-refractivity contribution in [3.63, 3.8) is 0 Å². The van der Waals surface area contributed by atoms with Crippen LogP contribution in [0.1, 0.15) is 26.3 Å². The van der Waals surface area contributed by atoms with E-state index in [0.717, 1.165) is 5.41 Å². The van der Waals surface area contributed by atoms with Crippen LogP contribution in [0.3, 0.4) is 0 Å². The van der Waals surface area contributed by atoms with Gasteiger partial charge in [0.1, 0.15) is 6.54 Å². The third kappa shape index (κ3) is 7.89. The smallest absolute Gasteiger partial charge is 0.321 e. The van der Waals surface area contributed by atoms with Crippen LogP contribution in [-0.4, -0.2) is 39.0 Å². The Balaban J connectivity index is 2.48. The Labute approximate surface area is 142 Å². The second-order valence-electron chi connectivity index (χ2n) is 5.37. The summed E-state index contributed by atoms with van der Waals surface area (Å²) in [4.78, 5) is 23.2. The Hall–Kier alpha value is -2.19. The van der Waals surface area contributed by atoms with Crippen molar-refractivity contribution >= 4 is 28.0 Å². The Morgan fingerprint density at radius 1 is 1.17 bits per heavy atom. The summed E-state index contributed by atoms with van der Waals surface area (Å²) in [6.07, 6.45) is 0.413. The first-order chi connectivity index (χ1) is 11.2. The lowest BCUT2D eigenvalue weighted by molar-refractivity contribution is -0.153. The maximum Gasteiger partial charge on any atom is 0.321 e. The second-order valence-corrected chi connectivity index (χ2v) is 7.03. The highest BCUT2D eigenvalue weighted by atomic mass is 32.2. The Morgan fingerprint density at radius 3 is 2.38 bits per heavy atom. The van der Waals surface area contributed by atoms with E-state index >= 15 is 0 Å². The SMILES string of the molecule is CC(C)NC(=O)C(C)OC(=O)CNS(=O)(=O)/C=C/c1ccccc1. The van der Waals surface area contributed by atoms with Gasteiger partial charge in [-0.2, -0.15) is 0 Å². The zero-order valence-corrected chi connectivity index (χ0v) is 14.7. The van der Waals surface area contributed by atoms with Gasteiger partial charge in [-0.05, 0) is 32.4 Å². The predicted octanol–water partition coefficient (Wildman–Crippen LogP) is 1.03. The van der Waals surface area contributed by atoms with E-state index in [-0.39, 0.29) is 6.04 Å². The molecule has 1 aromatic rings. The summed E-state index contributed by atoms with van der Waals surface area (Å²) >= 11 is 0. The molecule has 0 fully saturated rings. The minimum Gasteiger partial charge on any atom is -0.452 e. The number of hydrogen-bond donors (Lipinski definition) is 2. The molecule has 1 unspecified atom stereocenters. The molecule has 8 heteroatoms. The van der Waals surface area contributed by atoms with Crippen LogP contribution in [0.15, 0.2) is 35.7 Å². The molecule has 0 bridgehead atoms. The monoisotopic (exact) mass is 354 g/mol. The topological polar surface area (TPSA) is 102 Å². The van der Waals surface area contributed by atoms with Gasteiger partial charge < -0.3 is 10.1 Å². The standard InChI is InChI=1S/C16H22N2O5S/c1-12(2)18-16(20)13(3)23-15(19)11-17-24(21,22)10-9-14-7-5-4-6-8-14/h4-10,12-13,17H,11H2,1-3H3,(H,18,20)/b10-9+. The van der Waals surface area contributed by atoms with Gasteiger partial charge in [0.15, 0.2) is 6.10 Å². The summed E-state index contributed by atoms with van der Waals surface area (Å²) < 4.78 is 30.5. The molecule has 1 aromatic carbocycles. The first-order valence-corrected chi connectivity index (χ1v) is 8.97. The summed E-state index contributed by atoms with van der Waals surface area (Å²) in [5, 5.41) is 3.56. The summed E-state index contributed by atoms with van der Waals surface area (Å²) in [6.45, 7) is 4.42. The van der Waals surface area contributed by atoms with Crippen molar-refractivity contribution in [1.82, 2.24) is 10.0 Å². The van der Waals surface area contributed by atoms with Crippen molar-refractivity contribution in [3.8, 4) is 0 Å². The third-order valence-electron chi connectivity index (χ3n) is 2.77. The van der Waals surface area contributed by atoms with E-state index in [4.69, 9.17) is 4.74 Å². The predicted molar refractivity (Wildman–Crippen MR) is 91.2 cm³/mol. The number of benzene rings is 1. The molecule has 1 amide bonds. The Kier molecular flexibility index (Phi) is 7.60. The van der Waals surface area contributed by atoms with Crippen LogP contribution in [0.5, 0.6) is 0 Å². The highest BCUT2D eigenvalue weighted by Gasteiger charge is 2.19. The third-order valence-corrected chi connectivity index (χ3v) is 3.81. The van der Waals surface area contributed by atoms with Crippen LogP contribution in [0, 0.1) is 0 Å². The second kappa shape index (κ2) is 9.19. The van der Waals surface area contributed by atoms with Gasteiger partial charge in [0.25, 0.3) is 5.91 Å². The van der Waals surface area contributed by atoms with Crippen LogP contribution in [0.4, 0.5) is 0 Å². The normalized spacial score (nSPS) is 13.0. The highest BCUT2D eigenvalue weighted by Crippen LogP contribution is 2.02. The average molecular weight is 354 g/mol. The van der Waals surface area contributed by atoms with E-state index in [1.807, 2.05) is 6.07 Å². The molecule has 7 nitrogen and oxygen atoms in total. The summed E-state index contributed by atoms with van der Waals surface area (Å²) in [5.74, 6) is -1.27. The summed E-state index contributed by atoms with van der Waals surface area (Å²) in [6, 6.07) is 8.78. The van der Waals surface area contributed by atoms with Crippen molar-refractivity contribution in [2.45, 2.75) is 32.9 Å². The van der Waals surface area contributed by atoms with Gasteiger partial charge in [0.05, 0.1) is 0 Å². The zero-order valence-electron chi connectivity index (χ0n) is 13.9. The molecule has 24 heavy (non-hydrogen) atoms. The van der Waals surface area contributed by atoms with E-state index in [2.05, 4.69) is 10.0 Å². The molecule has 0 aromatic heterocycles. The molecule has 0 heterocycles. The van der Waals surface area contributed by atoms with Crippen molar-refractivity contribution in [2.75, 3.05) is 6.54 Å². The van der Waals surface area contributed by atoms with Crippen LogP contribution < -0.4 is 10.0 Å². The molecular formula is C16H22N2O5S. The maximum absolute atomic E-state index is 11.8. The number of ether oxygens (including phenoxy) is 1. The number of nitrogens with one attached hydrogen (secondary N) is 2. The van der Waals surface area contributed by atoms with Gasteiger partial charge in [0, 0.05) is 11.4 Å². The summed E-state index contributed by atoms with van der Waals surface area (Å²) in [5.41, 5.74) is 0.712. The van der Waals surface area contributed by atoms with Crippen LogP contribution in [0.25, 0.3) is 6.08 Å². The molecule has 1 atom stereocenters. The van der Waals surface area contributed by atoms with Gasteiger partial charge in [0.2, 0.25) is 10.0 Å². The quantitative estimate of drug-likeness (QED) is 0.679. The first kappa shape index (κ1) is 19.9. The number of amides is 1. The van der Waals surface area contributed by atoms with Crippen LogP contribution in [-0.2, 0) is 24.3 Å². The fourth-order valence-corrected chi connectivity index (χ4v) is 2.39. The molecule has 0 saturated carbocycles. The van der Waals surface area contributed by atoms with E-state index in [9.17, 15) is 18.0 Å². The van der Waals surface area contributed by atoms with Gasteiger partial charge in [-0.25, -0.2) is 13.1 Å². The fourth-order valence-electron chi connectivity index (χ4n) is 1.63. The number of rotatable bonds is 8. The molecule has 0 aliphatic heterocycles. The highest BCUT2D eigenvalue weighted by molar-refractivity contribution is 7.92. The van der Waals surface area contributed by atoms with Crippen molar-refractivity contribution < 1.29 is 22.7 Å². The molecule has 0 aliphatic carbocycles. The number of esters is 1. The van der Waals surface area contributed by atoms with Gasteiger partial charge in [-0.1, -0.05) is 30.3 Å². The maximum atomic E-state index is 11.8. The minimum atomic E-state index is -3.78. The summed E-state index contributed by atoms with van der Waals surface area (Å²) in [7, 11) is -3.78. The molecule has 132 valence electrons. The van der Waals surface area contributed by atoms with E-state index in [0.29, 0.717) is 5.56 Å². The molecule has 0 radical (unpaired) electrons. The molecule has 1 rings (SSSR count). The molecular weight excluding hydrogens is 332 g/mol. The first-order valence-electron chi connectivity index (χ1n) is 7.42. The number of carbonyl (C=O) groups excluding carboxylic acids is 2. The van der Waals surface area contributed by atoms with E-state index in [1.165, 1.54) is 13.0 Å². The average Bonchev–Trinajstić information content (AvgIpc) is 2.51. The number of sulfonamides is 1. The van der Waals surface area contributed by atoms with Gasteiger partial charge in [-0.3, -0.25) is 9.59 Å². The molecule has 2 N–H and O–H groups in total. The lowest BCUT2D eigenvalue weighted by Gasteiger charge is -2.15. The molecule has 0 aliphatic rings. The van der Waals surface area contributed by atoms with Crippen molar-refractivity contribution in [1.29, 1.82) is 0 Å². The fraction of sp³-hybridized carbons (Fsp3) is 0.375. The van der Waals surface area contributed by atoms with E-state index in [1.54, 1.807) is 38.1 Å².